The van der Waals surface area contributed by atoms with Gasteiger partial charge in [-0.1, -0.05) is 6.07 Å². The monoisotopic (exact) mass is 321 g/mol. The third kappa shape index (κ3) is 3.73. The van der Waals surface area contributed by atoms with E-state index in [1.807, 2.05) is 18.2 Å². The van der Waals surface area contributed by atoms with Crippen LogP contribution >= 0.6 is 0 Å². The largest absolute Gasteiger partial charge is 0.486 e. The van der Waals surface area contributed by atoms with E-state index in [0.29, 0.717) is 39.0 Å². The number of carbonyl (C=O) groups is 2. The molecule has 3 rings (SSSR count). The minimum atomic E-state index is -1.02. The zero-order chi connectivity index (χ0) is 16.2. The first-order valence-electron chi connectivity index (χ1n) is 7.68. The normalized spacial score (nSPS) is 22.6. The summed E-state index contributed by atoms with van der Waals surface area (Å²) in [4.78, 5) is 22.8. The van der Waals surface area contributed by atoms with Crippen LogP contribution in [0.3, 0.4) is 0 Å². The summed E-state index contributed by atoms with van der Waals surface area (Å²) in [6.45, 7) is 1.55. The molecule has 2 atom stereocenters. The number of carboxylic acids is 1. The van der Waals surface area contributed by atoms with Crippen molar-refractivity contribution in [3.8, 4) is 11.5 Å². The molecular formula is C16H19NO6. The van der Waals surface area contributed by atoms with E-state index >= 15 is 0 Å². The average Bonchev–Trinajstić information content (AvgIpc) is 3.05. The fourth-order valence-corrected chi connectivity index (χ4v) is 2.70. The van der Waals surface area contributed by atoms with Crippen LogP contribution in [0.4, 0.5) is 0 Å². The van der Waals surface area contributed by atoms with E-state index in [0.717, 1.165) is 17.1 Å². The Morgan fingerprint density at radius 2 is 1.87 bits per heavy atom. The Labute approximate surface area is 133 Å². The zero-order valence-electron chi connectivity index (χ0n) is 12.6. The number of fused-ring (bicyclic) bond motifs is 1. The number of benzene rings is 1. The highest BCUT2D eigenvalue weighted by Gasteiger charge is 2.34. The van der Waals surface area contributed by atoms with Gasteiger partial charge < -0.3 is 24.6 Å². The fraction of sp³-hybridized carbons (Fsp3) is 0.500. The molecule has 2 heterocycles. The second kappa shape index (κ2) is 6.87. The Morgan fingerprint density at radius 1 is 1.13 bits per heavy atom. The fourth-order valence-electron chi connectivity index (χ4n) is 2.70. The second-order valence-electron chi connectivity index (χ2n) is 5.55. The van der Waals surface area contributed by atoms with Gasteiger partial charge in [0.2, 0.25) is 5.91 Å². The SMILES string of the molecule is O=C(NCCc1ccc2c(c1)OCCO2)[C@@H]1CC[C@H](C(=O)O)O1. The molecule has 2 N–H and O–H groups in total. The lowest BCUT2D eigenvalue weighted by Crippen LogP contribution is -2.36. The number of amides is 1. The van der Waals surface area contributed by atoms with E-state index < -0.39 is 18.2 Å². The van der Waals surface area contributed by atoms with Gasteiger partial charge in [0.05, 0.1) is 0 Å². The molecule has 1 fully saturated rings. The number of carbonyl (C=O) groups excluding carboxylic acids is 1. The highest BCUT2D eigenvalue weighted by molar-refractivity contribution is 5.82. The van der Waals surface area contributed by atoms with Gasteiger partial charge in [0.25, 0.3) is 0 Å². The molecule has 0 aromatic heterocycles. The molecule has 0 radical (unpaired) electrons. The lowest BCUT2D eigenvalue weighted by Gasteiger charge is -2.19. The predicted molar refractivity (Wildman–Crippen MR) is 79.7 cm³/mol. The van der Waals surface area contributed by atoms with Crippen LogP contribution in [0.1, 0.15) is 18.4 Å². The average molecular weight is 321 g/mol. The number of ether oxygens (including phenoxy) is 3. The van der Waals surface area contributed by atoms with Gasteiger partial charge in [0.1, 0.15) is 19.3 Å². The molecule has 0 unspecified atom stereocenters. The smallest absolute Gasteiger partial charge is 0.332 e. The molecule has 2 aliphatic heterocycles. The van der Waals surface area contributed by atoms with Crippen LogP contribution in [-0.2, 0) is 20.7 Å². The molecule has 7 heteroatoms. The van der Waals surface area contributed by atoms with Gasteiger partial charge in [-0.25, -0.2) is 4.79 Å². The van der Waals surface area contributed by atoms with Gasteiger partial charge >= 0.3 is 5.97 Å². The van der Waals surface area contributed by atoms with E-state index in [4.69, 9.17) is 19.3 Å². The first kappa shape index (κ1) is 15.6. The molecule has 23 heavy (non-hydrogen) atoms. The Hall–Kier alpha value is -2.28. The Balaban J connectivity index is 1.46. The van der Waals surface area contributed by atoms with Crippen molar-refractivity contribution in [2.24, 2.45) is 0 Å². The maximum absolute atomic E-state index is 12.0. The topological polar surface area (TPSA) is 94.1 Å². The molecule has 7 nitrogen and oxygen atoms in total. The predicted octanol–water partition coefficient (Wildman–Crippen LogP) is 0.749. The number of hydrogen-bond donors (Lipinski definition) is 2. The zero-order valence-corrected chi connectivity index (χ0v) is 12.6. The second-order valence-corrected chi connectivity index (χ2v) is 5.55. The standard InChI is InChI=1S/C16H19NO6/c18-15(12-3-4-13(23-12)16(19)20)17-6-5-10-1-2-11-14(9-10)22-8-7-21-11/h1-2,9,12-13H,3-8H2,(H,17,18)(H,19,20)/t12-,13+/m0/s1. The molecule has 1 aromatic rings. The van der Waals surface area contributed by atoms with Crippen LogP contribution in [0.25, 0.3) is 0 Å². The van der Waals surface area contributed by atoms with Gasteiger partial charge in [0.15, 0.2) is 17.6 Å². The van der Waals surface area contributed by atoms with Gasteiger partial charge in [-0.2, -0.15) is 0 Å². The van der Waals surface area contributed by atoms with Crippen molar-refractivity contribution in [3.63, 3.8) is 0 Å². The summed E-state index contributed by atoms with van der Waals surface area (Å²) in [6, 6.07) is 5.71. The van der Waals surface area contributed by atoms with Crippen molar-refractivity contribution >= 4 is 11.9 Å². The summed E-state index contributed by atoms with van der Waals surface area (Å²) >= 11 is 0. The van der Waals surface area contributed by atoms with Gasteiger partial charge in [-0.05, 0) is 37.0 Å². The maximum Gasteiger partial charge on any atom is 0.332 e. The molecule has 0 bridgehead atoms. The first-order valence-corrected chi connectivity index (χ1v) is 7.68. The van der Waals surface area contributed by atoms with E-state index in [-0.39, 0.29) is 5.91 Å². The molecule has 2 aliphatic rings. The Bertz CT molecular complexity index is 602. The minimum absolute atomic E-state index is 0.258. The van der Waals surface area contributed by atoms with Crippen molar-refractivity contribution in [1.29, 1.82) is 0 Å². The molecule has 1 saturated heterocycles. The number of aliphatic carboxylic acids is 1. The summed E-state index contributed by atoms with van der Waals surface area (Å²) < 4.78 is 16.2. The van der Waals surface area contributed by atoms with Crippen LogP contribution in [-0.4, -0.2) is 48.9 Å². The summed E-state index contributed by atoms with van der Waals surface area (Å²) in [7, 11) is 0. The summed E-state index contributed by atoms with van der Waals surface area (Å²) in [5, 5.41) is 11.6. The van der Waals surface area contributed by atoms with Crippen LogP contribution in [0.15, 0.2) is 18.2 Å². The number of carboxylic acid groups (broad SMARTS) is 1. The summed E-state index contributed by atoms with van der Waals surface area (Å²) in [5.74, 6) is 0.189. The molecule has 124 valence electrons. The number of nitrogens with one attached hydrogen (secondary N) is 1. The van der Waals surface area contributed by atoms with Crippen LogP contribution < -0.4 is 14.8 Å². The third-order valence-corrected chi connectivity index (χ3v) is 3.91. The highest BCUT2D eigenvalue weighted by atomic mass is 16.6. The van der Waals surface area contributed by atoms with Crippen LogP contribution in [0.2, 0.25) is 0 Å². The van der Waals surface area contributed by atoms with Gasteiger partial charge in [-0.15, -0.1) is 0 Å². The van der Waals surface area contributed by atoms with Crippen molar-refractivity contribution in [3.05, 3.63) is 23.8 Å². The minimum Gasteiger partial charge on any atom is -0.486 e. The maximum atomic E-state index is 12.0. The van der Waals surface area contributed by atoms with Crippen molar-refractivity contribution in [2.75, 3.05) is 19.8 Å². The molecule has 0 saturated carbocycles. The summed E-state index contributed by atoms with van der Waals surface area (Å²) in [5.41, 5.74) is 1.03. The highest BCUT2D eigenvalue weighted by Crippen LogP contribution is 2.30. The van der Waals surface area contributed by atoms with Crippen molar-refractivity contribution in [1.82, 2.24) is 5.32 Å². The lowest BCUT2D eigenvalue weighted by molar-refractivity contribution is -0.151. The first-order chi connectivity index (χ1) is 11.1. The van der Waals surface area contributed by atoms with E-state index in [2.05, 4.69) is 5.32 Å². The Morgan fingerprint density at radius 3 is 2.61 bits per heavy atom. The van der Waals surface area contributed by atoms with E-state index in [9.17, 15) is 9.59 Å². The number of rotatable bonds is 5. The lowest BCUT2D eigenvalue weighted by atomic mass is 10.1. The number of hydrogen-bond acceptors (Lipinski definition) is 5. The van der Waals surface area contributed by atoms with Gasteiger partial charge in [-0.3, -0.25) is 4.79 Å². The molecule has 1 aromatic carbocycles. The molecule has 1 amide bonds. The summed E-state index contributed by atoms with van der Waals surface area (Å²) in [6.07, 6.45) is -0.0836. The molecule has 0 aliphatic carbocycles. The van der Waals surface area contributed by atoms with E-state index in [1.165, 1.54) is 0 Å². The molecular weight excluding hydrogens is 302 g/mol. The Kier molecular flexibility index (Phi) is 4.66. The van der Waals surface area contributed by atoms with Gasteiger partial charge in [0, 0.05) is 6.54 Å². The molecule has 0 spiro atoms. The van der Waals surface area contributed by atoms with E-state index in [1.54, 1.807) is 0 Å². The van der Waals surface area contributed by atoms with Crippen molar-refractivity contribution in [2.45, 2.75) is 31.5 Å². The van der Waals surface area contributed by atoms with Crippen LogP contribution in [0.5, 0.6) is 11.5 Å². The quantitative estimate of drug-likeness (QED) is 0.831. The third-order valence-electron chi connectivity index (χ3n) is 3.91. The van der Waals surface area contributed by atoms with Crippen molar-refractivity contribution < 1.29 is 28.9 Å². The van der Waals surface area contributed by atoms with Crippen LogP contribution in [0, 0.1) is 0 Å².